The smallest absolute Gasteiger partial charge is 0.228 e. The molecule has 1 heterocycles. The Labute approximate surface area is 125 Å². The molecule has 4 nitrogen and oxygen atoms in total. The summed E-state index contributed by atoms with van der Waals surface area (Å²) in [6, 6.07) is 3.11. The van der Waals surface area contributed by atoms with E-state index in [4.69, 9.17) is 28.9 Å². The zero-order chi connectivity index (χ0) is 14.2. The Morgan fingerprint density at radius 2 is 2.00 bits per heavy atom. The highest BCUT2D eigenvalue weighted by Crippen LogP contribution is 2.39. The lowest BCUT2D eigenvalue weighted by Gasteiger charge is -2.19. The van der Waals surface area contributed by atoms with Crippen molar-refractivity contribution >= 4 is 57.4 Å². The molecule has 0 saturated carbocycles. The van der Waals surface area contributed by atoms with Crippen LogP contribution in [-0.4, -0.2) is 22.8 Å². The number of amides is 1. The van der Waals surface area contributed by atoms with Crippen molar-refractivity contribution < 1.29 is 9.59 Å². The summed E-state index contributed by atoms with van der Waals surface area (Å²) < 4.78 is 0. The van der Waals surface area contributed by atoms with E-state index < -0.39 is 0 Å². The maximum absolute atomic E-state index is 12.0. The Kier molecular flexibility index (Phi) is 4.28. The number of hydrogen-bond donors (Lipinski definition) is 1. The van der Waals surface area contributed by atoms with Crippen LogP contribution in [0, 0.1) is 0 Å². The average molecular weight is 319 g/mol. The van der Waals surface area contributed by atoms with Crippen LogP contribution in [0.2, 0.25) is 10.0 Å². The number of benzene rings is 1. The number of nitrogens with two attached hydrogens (primary N) is 1. The van der Waals surface area contributed by atoms with E-state index in [1.54, 1.807) is 12.1 Å². The van der Waals surface area contributed by atoms with Crippen LogP contribution in [-0.2, 0) is 9.59 Å². The standard InChI is InChI=1S/C12H12Cl2N2O2S/c1-6(17)19-8-4-11(18)16(5-8)12-9(13)2-7(15)3-10(12)14/h2-3,8H,4-5,15H2,1H3. The van der Waals surface area contributed by atoms with Crippen molar-refractivity contribution in [3.63, 3.8) is 0 Å². The molecular formula is C12H12Cl2N2O2S. The summed E-state index contributed by atoms with van der Waals surface area (Å²) >= 11 is 13.4. The van der Waals surface area contributed by atoms with Gasteiger partial charge in [-0.05, 0) is 12.1 Å². The van der Waals surface area contributed by atoms with Gasteiger partial charge in [0.2, 0.25) is 5.91 Å². The van der Waals surface area contributed by atoms with Gasteiger partial charge in [0.05, 0.1) is 15.7 Å². The molecule has 0 aromatic heterocycles. The minimum atomic E-state index is -0.0904. The van der Waals surface area contributed by atoms with Gasteiger partial charge in [0, 0.05) is 30.8 Å². The number of carbonyl (C=O) groups excluding carboxylic acids is 2. The molecule has 102 valence electrons. The van der Waals surface area contributed by atoms with Crippen LogP contribution in [0.5, 0.6) is 0 Å². The maximum atomic E-state index is 12.0. The first kappa shape index (κ1) is 14.5. The lowest BCUT2D eigenvalue weighted by Crippen LogP contribution is -2.25. The molecule has 2 rings (SSSR count). The molecule has 1 aromatic carbocycles. The predicted molar refractivity (Wildman–Crippen MR) is 79.9 cm³/mol. The fourth-order valence-electron chi connectivity index (χ4n) is 2.05. The van der Waals surface area contributed by atoms with Crippen molar-refractivity contribution in [3.8, 4) is 0 Å². The second-order valence-electron chi connectivity index (χ2n) is 4.27. The normalized spacial score (nSPS) is 19.0. The third-order valence-corrected chi connectivity index (χ3v) is 4.29. The van der Waals surface area contributed by atoms with Crippen LogP contribution in [0.15, 0.2) is 12.1 Å². The topological polar surface area (TPSA) is 63.4 Å². The van der Waals surface area contributed by atoms with Gasteiger partial charge in [0.1, 0.15) is 0 Å². The third kappa shape index (κ3) is 3.16. The van der Waals surface area contributed by atoms with E-state index in [-0.39, 0.29) is 16.3 Å². The van der Waals surface area contributed by atoms with Crippen molar-refractivity contribution in [3.05, 3.63) is 22.2 Å². The van der Waals surface area contributed by atoms with Gasteiger partial charge in [-0.2, -0.15) is 0 Å². The van der Waals surface area contributed by atoms with Gasteiger partial charge in [0.15, 0.2) is 5.12 Å². The minimum Gasteiger partial charge on any atom is -0.399 e. The van der Waals surface area contributed by atoms with Crippen LogP contribution in [0.3, 0.4) is 0 Å². The lowest BCUT2D eigenvalue weighted by atomic mass is 10.2. The van der Waals surface area contributed by atoms with Gasteiger partial charge in [-0.3, -0.25) is 9.59 Å². The highest BCUT2D eigenvalue weighted by Gasteiger charge is 2.34. The van der Waals surface area contributed by atoms with Crippen LogP contribution in [0.4, 0.5) is 11.4 Å². The lowest BCUT2D eigenvalue weighted by molar-refractivity contribution is -0.117. The number of halogens is 2. The number of nitrogen functional groups attached to an aromatic ring is 1. The van der Waals surface area contributed by atoms with E-state index in [9.17, 15) is 9.59 Å². The molecule has 2 N–H and O–H groups in total. The molecule has 1 aromatic rings. The van der Waals surface area contributed by atoms with Crippen LogP contribution in [0.25, 0.3) is 0 Å². The van der Waals surface area contributed by atoms with Crippen molar-refractivity contribution in [2.24, 2.45) is 0 Å². The van der Waals surface area contributed by atoms with Crippen molar-refractivity contribution in [2.75, 3.05) is 17.2 Å². The summed E-state index contributed by atoms with van der Waals surface area (Å²) in [6.45, 7) is 1.91. The Bertz CT molecular complexity index is 528. The molecule has 1 saturated heterocycles. The van der Waals surface area contributed by atoms with Crippen LogP contribution < -0.4 is 10.6 Å². The zero-order valence-corrected chi connectivity index (χ0v) is 12.5. The summed E-state index contributed by atoms with van der Waals surface area (Å²) in [5.74, 6) is -0.0904. The van der Waals surface area contributed by atoms with Crippen molar-refractivity contribution in [1.82, 2.24) is 0 Å². The predicted octanol–water partition coefficient (Wildman–Crippen LogP) is 2.96. The summed E-state index contributed by atoms with van der Waals surface area (Å²) in [7, 11) is 0. The van der Waals surface area contributed by atoms with Gasteiger partial charge in [-0.25, -0.2) is 0 Å². The highest BCUT2D eigenvalue weighted by molar-refractivity contribution is 8.14. The summed E-state index contributed by atoms with van der Waals surface area (Å²) in [6.07, 6.45) is 0.307. The number of hydrogen-bond acceptors (Lipinski definition) is 4. The van der Waals surface area contributed by atoms with Gasteiger partial charge in [-0.1, -0.05) is 35.0 Å². The Balaban J connectivity index is 2.28. The number of rotatable bonds is 2. The molecule has 1 unspecified atom stereocenters. The molecule has 0 bridgehead atoms. The van der Waals surface area contributed by atoms with Crippen LogP contribution >= 0.6 is 35.0 Å². The van der Waals surface area contributed by atoms with E-state index in [1.165, 1.54) is 23.6 Å². The molecule has 0 spiro atoms. The highest BCUT2D eigenvalue weighted by atomic mass is 35.5. The molecule has 1 aliphatic heterocycles. The minimum absolute atomic E-state index is 0.00542. The maximum Gasteiger partial charge on any atom is 0.228 e. The summed E-state index contributed by atoms with van der Waals surface area (Å²) in [4.78, 5) is 24.6. The van der Waals surface area contributed by atoms with Gasteiger partial charge >= 0.3 is 0 Å². The molecular weight excluding hydrogens is 307 g/mol. The Morgan fingerprint density at radius 3 is 2.53 bits per heavy atom. The summed E-state index contributed by atoms with van der Waals surface area (Å²) in [5.41, 5.74) is 6.55. The number of carbonyl (C=O) groups is 2. The van der Waals surface area contributed by atoms with Crippen molar-refractivity contribution in [1.29, 1.82) is 0 Å². The third-order valence-electron chi connectivity index (χ3n) is 2.73. The second kappa shape index (κ2) is 5.61. The zero-order valence-electron chi connectivity index (χ0n) is 10.2. The van der Waals surface area contributed by atoms with E-state index in [0.717, 1.165) is 0 Å². The molecule has 1 fully saturated rings. The molecule has 0 aliphatic carbocycles. The first-order valence-electron chi connectivity index (χ1n) is 5.60. The van der Waals surface area contributed by atoms with Crippen molar-refractivity contribution in [2.45, 2.75) is 18.6 Å². The average Bonchev–Trinajstić information content (AvgIpc) is 2.57. The SMILES string of the molecule is CC(=O)SC1CC(=O)N(c2c(Cl)cc(N)cc2Cl)C1. The Morgan fingerprint density at radius 1 is 1.42 bits per heavy atom. The van der Waals surface area contributed by atoms with Crippen LogP contribution in [0.1, 0.15) is 13.3 Å². The Hall–Kier alpha value is -0.910. The van der Waals surface area contributed by atoms with E-state index in [0.29, 0.717) is 34.4 Å². The molecule has 19 heavy (non-hydrogen) atoms. The summed E-state index contributed by atoms with van der Waals surface area (Å²) in [5, 5.41) is 0.613. The molecule has 0 radical (unpaired) electrons. The van der Waals surface area contributed by atoms with E-state index >= 15 is 0 Å². The number of thioether (sulfide) groups is 1. The molecule has 7 heteroatoms. The first-order valence-corrected chi connectivity index (χ1v) is 7.24. The quantitative estimate of drug-likeness (QED) is 0.851. The molecule has 1 atom stereocenters. The van der Waals surface area contributed by atoms with E-state index in [2.05, 4.69) is 0 Å². The number of anilines is 2. The van der Waals surface area contributed by atoms with Gasteiger partial charge < -0.3 is 10.6 Å². The van der Waals surface area contributed by atoms with E-state index in [1.807, 2.05) is 0 Å². The van der Waals surface area contributed by atoms with Gasteiger partial charge in [0.25, 0.3) is 0 Å². The fourth-order valence-corrected chi connectivity index (χ4v) is 3.67. The fraction of sp³-hybridized carbons (Fsp3) is 0.333. The largest absolute Gasteiger partial charge is 0.399 e. The molecule has 1 aliphatic rings. The monoisotopic (exact) mass is 318 g/mol. The van der Waals surface area contributed by atoms with Gasteiger partial charge in [-0.15, -0.1) is 0 Å². The second-order valence-corrected chi connectivity index (χ2v) is 6.56. The first-order chi connectivity index (χ1) is 8.88. The molecule has 1 amide bonds. The number of nitrogens with zero attached hydrogens (tertiary/aromatic N) is 1.